The van der Waals surface area contributed by atoms with Gasteiger partial charge in [0.05, 0.1) is 4.70 Å². The highest BCUT2D eigenvalue weighted by Gasteiger charge is 2.07. The van der Waals surface area contributed by atoms with Gasteiger partial charge < -0.3 is 9.84 Å². The lowest BCUT2D eigenvalue weighted by Gasteiger charge is -2.05. The highest BCUT2D eigenvalue weighted by atomic mass is 35.5. The monoisotopic (exact) mass is 290 g/mol. The summed E-state index contributed by atoms with van der Waals surface area (Å²) >= 11 is 7.35. The predicted molar refractivity (Wildman–Crippen MR) is 79.3 cm³/mol. The maximum absolute atomic E-state index is 9.76. The van der Waals surface area contributed by atoms with Crippen LogP contribution in [0.4, 0.5) is 0 Å². The molecule has 96 valence electrons. The zero-order valence-corrected chi connectivity index (χ0v) is 11.5. The summed E-state index contributed by atoms with van der Waals surface area (Å²) < 4.78 is 6.62. The van der Waals surface area contributed by atoms with Crippen LogP contribution in [0.3, 0.4) is 0 Å². The summed E-state index contributed by atoms with van der Waals surface area (Å²) in [6.45, 7) is 0.477. The van der Waals surface area contributed by atoms with Crippen molar-refractivity contribution < 1.29 is 9.84 Å². The van der Waals surface area contributed by atoms with E-state index in [9.17, 15) is 5.11 Å². The fourth-order valence-electron chi connectivity index (χ4n) is 1.90. The number of hydrogen-bond donors (Lipinski definition) is 1. The molecule has 0 saturated heterocycles. The quantitative estimate of drug-likeness (QED) is 0.748. The second kappa shape index (κ2) is 5.11. The zero-order chi connectivity index (χ0) is 13.2. The van der Waals surface area contributed by atoms with E-state index in [-0.39, 0.29) is 0 Å². The summed E-state index contributed by atoms with van der Waals surface area (Å²) in [6.07, 6.45) is 0. The lowest BCUT2D eigenvalue weighted by Crippen LogP contribution is -1.93. The van der Waals surface area contributed by atoms with Crippen LogP contribution in [-0.4, -0.2) is 5.11 Å². The number of phenolic OH excluding ortho intramolecular Hbond substituents is 1. The molecular weight excluding hydrogens is 280 g/mol. The Morgan fingerprint density at radius 2 is 1.89 bits per heavy atom. The van der Waals surface area contributed by atoms with E-state index in [1.807, 2.05) is 29.6 Å². The van der Waals surface area contributed by atoms with E-state index < -0.39 is 0 Å². The van der Waals surface area contributed by atoms with Crippen molar-refractivity contribution in [2.24, 2.45) is 0 Å². The molecule has 0 aliphatic carbocycles. The standard InChI is InChI=1S/C15H11ClO2S/c16-11-4-6-12(7-5-11)18-8-10-9-19-15-13(10)2-1-3-14(15)17/h1-7,9,17H,8H2. The average molecular weight is 291 g/mol. The van der Waals surface area contributed by atoms with Crippen LogP contribution >= 0.6 is 22.9 Å². The minimum Gasteiger partial charge on any atom is -0.506 e. The minimum absolute atomic E-state index is 0.320. The molecule has 3 aromatic rings. The molecule has 0 aliphatic heterocycles. The molecule has 1 N–H and O–H groups in total. The van der Waals surface area contributed by atoms with Crippen LogP contribution in [0.1, 0.15) is 5.56 Å². The molecule has 0 unspecified atom stereocenters. The molecule has 0 saturated carbocycles. The maximum Gasteiger partial charge on any atom is 0.133 e. The molecule has 1 aromatic heterocycles. The van der Waals surface area contributed by atoms with E-state index in [0.29, 0.717) is 17.4 Å². The fourth-order valence-corrected chi connectivity index (χ4v) is 2.99. The summed E-state index contributed by atoms with van der Waals surface area (Å²) in [5.74, 6) is 1.10. The van der Waals surface area contributed by atoms with Gasteiger partial charge in [0.2, 0.25) is 0 Å². The Kier molecular flexibility index (Phi) is 3.32. The van der Waals surface area contributed by atoms with Crippen LogP contribution in [-0.2, 0) is 6.61 Å². The van der Waals surface area contributed by atoms with Crippen molar-refractivity contribution in [2.45, 2.75) is 6.61 Å². The summed E-state index contributed by atoms with van der Waals surface area (Å²) in [4.78, 5) is 0. The molecule has 0 spiro atoms. The van der Waals surface area contributed by atoms with E-state index in [1.165, 1.54) is 11.3 Å². The van der Waals surface area contributed by atoms with Crippen LogP contribution in [0, 0.1) is 0 Å². The lowest BCUT2D eigenvalue weighted by molar-refractivity contribution is 0.308. The first-order valence-corrected chi connectivity index (χ1v) is 7.06. The molecule has 1 heterocycles. The van der Waals surface area contributed by atoms with Gasteiger partial charge in [-0.25, -0.2) is 0 Å². The number of hydrogen-bond acceptors (Lipinski definition) is 3. The molecule has 0 aliphatic rings. The zero-order valence-electron chi connectivity index (χ0n) is 9.97. The van der Waals surface area contributed by atoms with Gasteiger partial charge in [0.1, 0.15) is 18.1 Å². The Bertz CT molecular complexity index is 704. The number of thiophene rings is 1. The van der Waals surface area contributed by atoms with Crippen LogP contribution in [0.2, 0.25) is 5.02 Å². The smallest absolute Gasteiger partial charge is 0.133 e. The van der Waals surface area contributed by atoms with Gasteiger partial charge >= 0.3 is 0 Å². The molecule has 0 bridgehead atoms. The van der Waals surface area contributed by atoms with Crippen molar-refractivity contribution in [3.63, 3.8) is 0 Å². The summed E-state index contributed by atoms with van der Waals surface area (Å²) in [5, 5.41) is 13.5. The van der Waals surface area contributed by atoms with E-state index >= 15 is 0 Å². The molecule has 3 rings (SSSR count). The Balaban J connectivity index is 1.82. The number of halogens is 1. The van der Waals surface area contributed by atoms with Crippen molar-refractivity contribution in [1.82, 2.24) is 0 Å². The number of ether oxygens (including phenoxy) is 1. The SMILES string of the molecule is Oc1cccc2c(COc3ccc(Cl)cc3)csc12. The third-order valence-corrected chi connectivity index (χ3v) is 4.19. The summed E-state index contributed by atoms with van der Waals surface area (Å²) in [5.41, 5.74) is 1.07. The third kappa shape index (κ3) is 2.53. The molecular formula is C15H11ClO2S. The van der Waals surface area contributed by atoms with E-state index in [2.05, 4.69) is 0 Å². The largest absolute Gasteiger partial charge is 0.506 e. The van der Waals surface area contributed by atoms with Gasteiger partial charge in [-0.15, -0.1) is 11.3 Å². The molecule has 19 heavy (non-hydrogen) atoms. The van der Waals surface area contributed by atoms with Gasteiger partial charge in [0, 0.05) is 16.0 Å². The molecule has 2 aromatic carbocycles. The third-order valence-electron chi connectivity index (χ3n) is 2.87. The number of aromatic hydroxyl groups is 1. The van der Waals surface area contributed by atoms with Crippen molar-refractivity contribution >= 4 is 33.0 Å². The van der Waals surface area contributed by atoms with Crippen molar-refractivity contribution in [3.05, 3.63) is 58.4 Å². The molecule has 4 heteroatoms. The number of benzene rings is 2. The Labute approximate surface area is 119 Å². The number of phenols is 1. The van der Waals surface area contributed by atoms with Gasteiger partial charge in [-0.1, -0.05) is 23.7 Å². The second-order valence-corrected chi connectivity index (χ2v) is 5.47. The van der Waals surface area contributed by atoms with Gasteiger partial charge in [-0.2, -0.15) is 0 Å². The molecule has 0 radical (unpaired) electrons. The van der Waals surface area contributed by atoms with Crippen LogP contribution in [0.25, 0.3) is 10.1 Å². The van der Waals surface area contributed by atoms with Crippen LogP contribution in [0.5, 0.6) is 11.5 Å². The van der Waals surface area contributed by atoms with Crippen molar-refractivity contribution in [3.8, 4) is 11.5 Å². The molecule has 2 nitrogen and oxygen atoms in total. The number of rotatable bonds is 3. The minimum atomic E-state index is 0.320. The molecule has 0 atom stereocenters. The van der Waals surface area contributed by atoms with Gasteiger partial charge in [0.25, 0.3) is 0 Å². The van der Waals surface area contributed by atoms with Crippen LogP contribution < -0.4 is 4.74 Å². The van der Waals surface area contributed by atoms with E-state index in [4.69, 9.17) is 16.3 Å². The lowest BCUT2D eigenvalue weighted by atomic mass is 10.2. The predicted octanol–water partition coefficient (Wildman–Crippen LogP) is 4.84. The summed E-state index contributed by atoms with van der Waals surface area (Å²) in [7, 11) is 0. The van der Waals surface area contributed by atoms with Gasteiger partial charge in [0.15, 0.2) is 0 Å². The van der Waals surface area contributed by atoms with E-state index in [1.54, 1.807) is 18.2 Å². The Morgan fingerprint density at radius 3 is 2.68 bits per heavy atom. The second-order valence-electron chi connectivity index (χ2n) is 4.16. The first-order valence-electron chi connectivity index (χ1n) is 5.80. The van der Waals surface area contributed by atoms with Crippen molar-refractivity contribution in [1.29, 1.82) is 0 Å². The topological polar surface area (TPSA) is 29.5 Å². The maximum atomic E-state index is 9.76. The van der Waals surface area contributed by atoms with E-state index in [0.717, 1.165) is 21.4 Å². The molecule has 0 fully saturated rings. The van der Waals surface area contributed by atoms with Crippen LogP contribution in [0.15, 0.2) is 47.8 Å². The average Bonchev–Trinajstić information content (AvgIpc) is 2.83. The van der Waals surface area contributed by atoms with Gasteiger partial charge in [-0.05, 0) is 35.7 Å². The number of fused-ring (bicyclic) bond motifs is 1. The van der Waals surface area contributed by atoms with Gasteiger partial charge in [-0.3, -0.25) is 0 Å². The highest BCUT2D eigenvalue weighted by molar-refractivity contribution is 7.17. The fraction of sp³-hybridized carbons (Fsp3) is 0.0667. The first kappa shape index (κ1) is 12.3. The molecule has 0 amide bonds. The highest BCUT2D eigenvalue weighted by Crippen LogP contribution is 2.33. The Morgan fingerprint density at radius 1 is 1.11 bits per heavy atom. The summed E-state index contributed by atoms with van der Waals surface area (Å²) in [6, 6.07) is 12.8. The first-order chi connectivity index (χ1) is 9.24. The van der Waals surface area contributed by atoms with Crippen molar-refractivity contribution in [2.75, 3.05) is 0 Å². The normalized spacial score (nSPS) is 10.8. The Hall–Kier alpha value is -1.71.